The molecule has 4 rings (SSSR count). The fourth-order valence-electron chi connectivity index (χ4n) is 2.80. The number of anilines is 2. The zero-order valence-electron chi connectivity index (χ0n) is 14.3. The lowest BCUT2D eigenvalue weighted by Gasteiger charge is -2.22. The molecule has 0 saturated heterocycles. The van der Waals surface area contributed by atoms with Gasteiger partial charge in [-0.05, 0) is 24.3 Å². The molecule has 0 bridgehead atoms. The van der Waals surface area contributed by atoms with E-state index >= 15 is 0 Å². The minimum atomic E-state index is 0.434. The summed E-state index contributed by atoms with van der Waals surface area (Å²) in [4.78, 5) is 11.0. The summed E-state index contributed by atoms with van der Waals surface area (Å²) in [5, 5.41) is 0. The Morgan fingerprint density at radius 3 is 2.42 bits per heavy atom. The highest BCUT2D eigenvalue weighted by Crippen LogP contribution is 2.43. The maximum atomic E-state index is 6.16. The second-order valence-electron chi connectivity index (χ2n) is 5.66. The van der Waals surface area contributed by atoms with E-state index in [9.17, 15) is 0 Å². The van der Waals surface area contributed by atoms with Gasteiger partial charge < -0.3 is 19.1 Å². The van der Waals surface area contributed by atoms with Gasteiger partial charge >= 0.3 is 0 Å². The Morgan fingerprint density at radius 2 is 1.69 bits per heavy atom. The topological polar surface area (TPSA) is 56.7 Å². The lowest BCUT2D eigenvalue weighted by atomic mass is 10.2. The van der Waals surface area contributed by atoms with Gasteiger partial charge in [-0.1, -0.05) is 34.1 Å². The van der Waals surface area contributed by atoms with E-state index in [4.69, 9.17) is 14.2 Å². The first-order valence-electron chi connectivity index (χ1n) is 7.98. The highest BCUT2D eigenvalue weighted by Gasteiger charge is 2.24. The van der Waals surface area contributed by atoms with Crippen molar-refractivity contribution in [2.45, 2.75) is 6.54 Å². The first kappa shape index (κ1) is 16.7. The molecule has 0 amide bonds. The summed E-state index contributed by atoms with van der Waals surface area (Å²) < 4.78 is 17.7. The summed E-state index contributed by atoms with van der Waals surface area (Å²) in [5.41, 5.74) is 1.89. The van der Waals surface area contributed by atoms with E-state index < -0.39 is 0 Å². The first-order valence-corrected chi connectivity index (χ1v) is 8.77. The van der Waals surface area contributed by atoms with Crippen LogP contribution in [0.4, 0.5) is 11.6 Å². The first-order chi connectivity index (χ1) is 12.7. The van der Waals surface area contributed by atoms with Crippen LogP contribution in [0.1, 0.15) is 5.56 Å². The number of rotatable bonds is 3. The number of fused-ring (bicyclic) bond motifs is 2. The predicted octanol–water partition coefficient (Wildman–Crippen LogP) is 4.70. The lowest BCUT2D eigenvalue weighted by molar-refractivity contribution is 0.372. The fourth-order valence-corrected chi connectivity index (χ4v) is 3.14. The second-order valence-corrected chi connectivity index (χ2v) is 6.58. The van der Waals surface area contributed by atoms with Crippen molar-refractivity contribution in [3.63, 3.8) is 0 Å². The highest BCUT2D eigenvalue weighted by molar-refractivity contribution is 9.10. The largest absolute Gasteiger partial charge is 0.481 e. The molecule has 1 aliphatic heterocycles. The van der Waals surface area contributed by atoms with Crippen LogP contribution < -0.4 is 19.1 Å². The molecular formula is C19H16BrN3O3. The van der Waals surface area contributed by atoms with Crippen molar-refractivity contribution in [3.05, 3.63) is 58.6 Å². The van der Waals surface area contributed by atoms with Gasteiger partial charge in [-0.2, -0.15) is 9.97 Å². The Morgan fingerprint density at radius 1 is 0.962 bits per heavy atom. The van der Waals surface area contributed by atoms with E-state index in [0.29, 0.717) is 24.3 Å². The number of ether oxygens (including phenoxy) is 3. The molecule has 0 radical (unpaired) electrons. The predicted molar refractivity (Wildman–Crippen MR) is 102 cm³/mol. The van der Waals surface area contributed by atoms with E-state index in [1.54, 1.807) is 20.3 Å². The Bertz CT molecular complexity index is 942. The number of methoxy groups -OCH3 is 2. The maximum Gasteiger partial charge on any atom is 0.236 e. The fraction of sp³-hybridized carbons (Fsp3) is 0.158. The van der Waals surface area contributed by atoms with Gasteiger partial charge in [0.05, 0.1) is 32.5 Å². The van der Waals surface area contributed by atoms with Crippen LogP contribution in [0.3, 0.4) is 0 Å². The zero-order chi connectivity index (χ0) is 18.1. The second kappa shape index (κ2) is 6.84. The molecule has 1 aromatic heterocycles. The van der Waals surface area contributed by atoms with Gasteiger partial charge in [0.1, 0.15) is 5.75 Å². The number of hydrogen-bond donors (Lipinski definition) is 0. The van der Waals surface area contributed by atoms with Gasteiger partial charge in [0.15, 0.2) is 5.75 Å². The molecule has 132 valence electrons. The Hall–Kier alpha value is -2.80. The molecule has 26 heavy (non-hydrogen) atoms. The summed E-state index contributed by atoms with van der Waals surface area (Å²) in [7, 11) is 3.13. The van der Waals surface area contributed by atoms with Crippen LogP contribution in [0.2, 0.25) is 0 Å². The molecular weight excluding hydrogens is 398 g/mol. The van der Waals surface area contributed by atoms with Crippen molar-refractivity contribution in [1.82, 2.24) is 9.97 Å². The zero-order valence-corrected chi connectivity index (χ0v) is 15.9. The normalized spacial score (nSPS) is 12.5. The van der Waals surface area contributed by atoms with Crippen LogP contribution in [0.25, 0.3) is 0 Å². The molecule has 0 N–H and O–H groups in total. The number of benzene rings is 2. The van der Waals surface area contributed by atoms with Gasteiger partial charge in [-0.25, -0.2) is 0 Å². The number of aromatic nitrogens is 2. The molecule has 1 aliphatic rings. The van der Waals surface area contributed by atoms with Crippen molar-refractivity contribution in [2.75, 3.05) is 19.1 Å². The lowest BCUT2D eigenvalue weighted by Crippen LogP contribution is -2.18. The number of para-hydroxylation sites is 1. The van der Waals surface area contributed by atoms with Gasteiger partial charge in [-0.15, -0.1) is 0 Å². The molecule has 2 heterocycles. The molecule has 6 nitrogen and oxygen atoms in total. The van der Waals surface area contributed by atoms with E-state index in [1.807, 2.05) is 47.4 Å². The summed E-state index contributed by atoms with van der Waals surface area (Å²) >= 11 is 3.51. The molecule has 0 aliphatic carbocycles. The van der Waals surface area contributed by atoms with Crippen molar-refractivity contribution < 1.29 is 14.2 Å². The number of nitrogens with zero attached hydrogens (tertiary/aromatic N) is 3. The monoisotopic (exact) mass is 413 g/mol. The van der Waals surface area contributed by atoms with Gasteiger partial charge in [0.2, 0.25) is 17.7 Å². The molecule has 0 unspecified atom stereocenters. The Labute approximate surface area is 159 Å². The van der Waals surface area contributed by atoms with Crippen LogP contribution >= 0.6 is 15.9 Å². The summed E-state index contributed by atoms with van der Waals surface area (Å²) in [6.07, 6.45) is 0. The van der Waals surface area contributed by atoms with Crippen LogP contribution in [-0.4, -0.2) is 24.2 Å². The molecule has 0 fully saturated rings. The Kier molecular flexibility index (Phi) is 4.38. The third-order valence-corrected chi connectivity index (χ3v) is 4.55. The maximum absolute atomic E-state index is 6.16. The van der Waals surface area contributed by atoms with Gasteiger partial charge in [-0.3, -0.25) is 0 Å². The quantitative estimate of drug-likeness (QED) is 0.619. The average molecular weight is 414 g/mol. The van der Waals surface area contributed by atoms with Crippen LogP contribution in [-0.2, 0) is 6.54 Å². The summed E-state index contributed by atoms with van der Waals surface area (Å²) in [6, 6.07) is 15.4. The van der Waals surface area contributed by atoms with Crippen molar-refractivity contribution in [1.29, 1.82) is 0 Å². The van der Waals surface area contributed by atoms with E-state index in [2.05, 4.69) is 25.9 Å². The van der Waals surface area contributed by atoms with Crippen LogP contribution in [0.5, 0.6) is 23.3 Å². The third kappa shape index (κ3) is 3.06. The van der Waals surface area contributed by atoms with Gasteiger partial charge in [0, 0.05) is 10.0 Å². The van der Waals surface area contributed by atoms with Crippen molar-refractivity contribution in [3.8, 4) is 23.3 Å². The molecule has 0 spiro atoms. The highest BCUT2D eigenvalue weighted by atomic mass is 79.9. The smallest absolute Gasteiger partial charge is 0.236 e. The van der Waals surface area contributed by atoms with Crippen LogP contribution in [0.15, 0.2) is 53.0 Å². The SMILES string of the molecule is COc1cc(OC)nc(N2Cc3ccccc3Oc3cc(Br)ccc32)n1. The molecule has 7 heteroatoms. The van der Waals surface area contributed by atoms with E-state index in [-0.39, 0.29) is 0 Å². The number of halogens is 1. The van der Waals surface area contributed by atoms with Crippen molar-refractivity contribution >= 4 is 27.6 Å². The third-order valence-electron chi connectivity index (χ3n) is 4.06. The minimum absolute atomic E-state index is 0.434. The standard InChI is InChI=1S/C19H16BrN3O3/c1-24-17-10-18(25-2)22-19(21-17)23-11-12-5-3-4-6-15(12)26-16-9-13(20)7-8-14(16)23/h3-10H,11H2,1-2H3. The van der Waals surface area contributed by atoms with Gasteiger partial charge in [0.25, 0.3) is 0 Å². The average Bonchev–Trinajstić information content (AvgIpc) is 2.83. The Balaban J connectivity index is 1.90. The molecule has 0 atom stereocenters. The van der Waals surface area contributed by atoms with Crippen molar-refractivity contribution in [2.24, 2.45) is 0 Å². The summed E-state index contributed by atoms with van der Waals surface area (Å²) in [6.45, 7) is 0.557. The minimum Gasteiger partial charge on any atom is -0.481 e. The molecule has 2 aromatic carbocycles. The number of hydrogen-bond acceptors (Lipinski definition) is 6. The molecule has 3 aromatic rings. The van der Waals surface area contributed by atoms with E-state index in [0.717, 1.165) is 27.2 Å². The molecule has 0 saturated carbocycles. The van der Waals surface area contributed by atoms with Crippen LogP contribution in [0, 0.1) is 0 Å². The summed E-state index contributed by atoms with van der Waals surface area (Å²) in [5.74, 6) is 2.87. The van der Waals surface area contributed by atoms with E-state index in [1.165, 1.54) is 0 Å².